The van der Waals surface area contributed by atoms with Crippen LogP contribution in [0.2, 0.25) is 0 Å². The van der Waals surface area contributed by atoms with Crippen molar-refractivity contribution in [3.05, 3.63) is 52.7 Å². The van der Waals surface area contributed by atoms with E-state index in [0.29, 0.717) is 6.61 Å². The minimum absolute atomic E-state index is 0.129. The smallest absolute Gasteiger partial charge is 0.376 e. The minimum atomic E-state index is -0.438. The lowest BCUT2D eigenvalue weighted by atomic mass is 9.72. The van der Waals surface area contributed by atoms with Crippen LogP contribution < -0.4 is 0 Å². The van der Waals surface area contributed by atoms with E-state index in [1.54, 1.807) is 12.4 Å². The molecule has 0 atom stereocenters. The Labute approximate surface area is 201 Å². The van der Waals surface area contributed by atoms with Gasteiger partial charge in [-0.3, -0.25) is 0 Å². The first kappa shape index (κ1) is 27.0. The molecule has 0 radical (unpaired) electrons. The van der Waals surface area contributed by atoms with Gasteiger partial charge in [-0.05, 0) is 56.6 Å². The van der Waals surface area contributed by atoms with E-state index >= 15 is 0 Å². The summed E-state index contributed by atoms with van der Waals surface area (Å²) < 4.78 is 5.33. The van der Waals surface area contributed by atoms with E-state index in [1.165, 1.54) is 68.9 Å². The summed E-state index contributed by atoms with van der Waals surface area (Å²) in [7, 11) is 0. The predicted molar refractivity (Wildman–Crippen MR) is 138 cm³/mol. The summed E-state index contributed by atoms with van der Waals surface area (Å²) in [5.74, 6) is -0.309. The monoisotopic (exact) mass is 452 g/mol. The third-order valence-electron chi connectivity index (χ3n) is 6.54. The van der Waals surface area contributed by atoms with Crippen LogP contribution in [0.15, 0.2) is 41.3 Å². The van der Waals surface area contributed by atoms with Gasteiger partial charge in [-0.15, -0.1) is 0 Å². The van der Waals surface area contributed by atoms with E-state index in [2.05, 4.69) is 56.7 Å². The van der Waals surface area contributed by atoms with Crippen molar-refractivity contribution >= 4 is 12.0 Å². The van der Waals surface area contributed by atoms with Gasteiger partial charge in [-0.25, -0.2) is 14.8 Å². The van der Waals surface area contributed by atoms with Gasteiger partial charge in [0, 0.05) is 18.0 Å². The lowest BCUT2D eigenvalue weighted by Crippen LogP contribution is -2.19. The van der Waals surface area contributed by atoms with E-state index in [-0.39, 0.29) is 11.2 Å². The average Bonchev–Trinajstić information content (AvgIpc) is 2.77. The summed E-state index contributed by atoms with van der Waals surface area (Å²) in [5, 5.41) is 0. The van der Waals surface area contributed by atoms with Crippen molar-refractivity contribution in [2.75, 3.05) is 6.61 Å². The van der Waals surface area contributed by atoms with Crippen LogP contribution in [0, 0.1) is 5.41 Å². The van der Waals surface area contributed by atoms with Crippen LogP contribution in [0.25, 0.3) is 6.08 Å². The predicted octanol–water partition coefficient (Wildman–Crippen LogP) is 8.26. The molecule has 1 aromatic heterocycles. The molecular weight excluding hydrogens is 408 g/mol. The number of carbonyl (C=O) groups excluding carboxylic acids is 1. The van der Waals surface area contributed by atoms with Crippen LogP contribution in [-0.4, -0.2) is 22.5 Å². The molecule has 1 aromatic rings. The van der Waals surface area contributed by atoms with Gasteiger partial charge in [0.15, 0.2) is 0 Å². The van der Waals surface area contributed by atoms with Crippen molar-refractivity contribution in [1.82, 2.24) is 9.97 Å². The molecule has 0 aromatic carbocycles. The maximum absolute atomic E-state index is 12.2. The van der Waals surface area contributed by atoms with Crippen molar-refractivity contribution in [3.63, 3.8) is 0 Å². The fourth-order valence-corrected chi connectivity index (χ4v) is 4.52. The number of nitrogens with zero attached hydrogens (tertiary/aromatic N) is 2. The van der Waals surface area contributed by atoms with Crippen molar-refractivity contribution in [2.45, 2.75) is 105 Å². The summed E-state index contributed by atoms with van der Waals surface area (Å²) >= 11 is 0. The molecular formula is C29H44N2O2. The molecule has 0 N–H and O–H groups in total. The maximum atomic E-state index is 12.2. The number of rotatable bonds is 13. The van der Waals surface area contributed by atoms with Crippen LogP contribution in [0.1, 0.15) is 121 Å². The third-order valence-corrected chi connectivity index (χ3v) is 6.54. The van der Waals surface area contributed by atoms with Crippen molar-refractivity contribution in [3.8, 4) is 0 Å². The highest BCUT2D eigenvalue weighted by Crippen LogP contribution is 2.40. The Morgan fingerprint density at radius 1 is 1.06 bits per heavy atom. The van der Waals surface area contributed by atoms with Gasteiger partial charge in [0.25, 0.3) is 0 Å². The van der Waals surface area contributed by atoms with Gasteiger partial charge in [-0.2, -0.15) is 0 Å². The summed E-state index contributed by atoms with van der Waals surface area (Å²) in [6, 6.07) is 0. The molecule has 4 heteroatoms. The fraction of sp³-hybridized carbons (Fsp3) is 0.621. The molecule has 4 nitrogen and oxygen atoms in total. The molecule has 0 amide bonds. The minimum Gasteiger partial charge on any atom is -0.460 e. The topological polar surface area (TPSA) is 52.1 Å². The second-order valence-electron chi connectivity index (χ2n) is 10.1. The lowest BCUT2D eigenvalue weighted by molar-refractivity contribution is 0.0483. The van der Waals surface area contributed by atoms with Crippen LogP contribution in [-0.2, 0) is 4.74 Å². The molecule has 0 saturated heterocycles. The van der Waals surface area contributed by atoms with Crippen molar-refractivity contribution < 1.29 is 9.53 Å². The molecule has 0 unspecified atom stereocenters. The van der Waals surface area contributed by atoms with E-state index < -0.39 is 5.97 Å². The number of allylic oxidation sites excluding steroid dienone is 5. The number of ether oxygens (including phenoxy) is 1. The first-order chi connectivity index (χ1) is 15.8. The fourth-order valence-electron chi connectivity index (χ4n) is 4.52. The van der Waals surface area contributed by atoms with Crippen LogP contribution in [0.3, 0.4) is 0 Å². The Bertz CT molecular complexity index is 832. The SMILES string of the molecule is CCCCCCCCCCOC(=O)c1ncc(/C=C(\C)C=CC2=C(C)CCCC2(C)C)cn1. The number of esters is 1. The summed E-state index contributed by atoms with van der Waals surface area (Å²) in [6.45, 7) is 11.7. The largest absolute Gasteiger partial charge is 0.460 e. The standard InChI is InChI=1S/C29H44N2O2/c1-6-7-8-9-10-11-12-13-19-33-28(32)27-30-21-25(22-31-27)20-23(2)16-17-26-24(3)15-14-18-29(26,4)5/h16-17,20-22H,6-15,18-19H2,1-5H3/b17-16?,23-20+. The average molecular weight is 453 g/mol. The summed E-state index contributed by atoms with van der Waals surface area (Å²) in [5.41, 5.74) is 5.19. The molecule has 0 spiro atoms. The number of hydrogen-bond donors (Lipinski definition) is 0. The van der Waals surface area contributed by atoms with Gasteiger partial charge >= 0.3 is 5.97 Å². The Morgan fingerprint density at radius 3 is 2.33 bits per heavy atom. The Balaban J connectivity index is 1.78. The molecule has 33 heavy (non-hydrogen) atoms. The van der Waals surface area contributed by atoms with Gasteiger partial charge in [-0.1, -0.05) is 89.0 Å². The Morgan fingerprint density at radius 2 is 1.70 bits per heavy atom. The van der Waals surface area contributed by atoms with Crippen LogP contribution >= 0.6 is 0 Å². The number of carbonyl (C=O) groups is 1. The maximum Gasteiger partial charge on any atom is 0.376 e. The molecule has 1 aliphatic carbocycles. The molecule has 1 aliphatic rings. The highest BCUT2D eigenvalue weighted by Gasteiger charge is 2.26. The molecule has 182 valence electrons. The van der Waals surface area contributed by atoms with E-state index in [0.717, 1.165) is 24.0 Å². The van der Waals surface area contributed by atoms with E-state index in [1.807, 2.05) is 6.08 Å². The van der Waals surface area contributed by atoms with E-state index in [4.69, 9.17) is 4.74 Å². The van der Waals surface area contributed by atoms with Crippen LogP contribution in [0.4, 0.5) is 0 Å². The molecule has 2 rings (SSSR count). The van der Waals surface area contributed by atoms with Gasteiger partial charge in [0.05, 0.1) is 6.61 Å². The van der Waals surface area contributed by atoms with Gasteiger partial charge in [0.1, 0.15) is 0 Å². The summed E-state index contributed by atoms with van der Waals surface area (Å²) in [4.78, 5) is 20.6. The molecule has 0 aliphatic heterocycles. The Hall–Kier alpha value is -2.23. The van der Waals surface area contributed by atoms with Gasteiger partial charge in [0.2, 0.25) is 5.82 Å². The summed E-state index contributed by atoms with van der Waals surface area (Å²) in [6.07, 6.45) is 23.3. The first-order valence-electron chi connectivity index (χ1n) is 12.9. The highest BCUT2D eigenvalue weighted by molar-refractivity contribution is 5.85. The van der Waals surface area contributed by atoms with E-state index in [9.17, 15) is 4.79 Å². The number of hydrogen-bond acceptors (Lipinski definition) is 4. The second kappa shape index (κ2) is 14.1. The third kappa shape index (κ3) is 9.65. The van der Waals surface area contributed by atoms with Gasteiger partial charge < -0.3 is 4.74 Å². The lowest BCUT2D eigenvalue weighted by Gasteiger charge is -2.32. The zero-order chi connectivity index (χ0) is 24.1. The second-order valence-corrected chi connectivity index (χ2v) is 10.1. The molecule has 0 saturated carbocycles. The van der Waals surface area contributed by atoms with Crippen molar-refractivity contribution in [1.29, 1.82) is 0 Å². The normalized spacial score (nSPS) is 16.5. The first-order valence-corrected chi connectivity index (χ1v) is 12.9. The zero-order valence-corrected chi connectivity index (χ0v) is 21.6. The zero-order valence-electron chi connectivity index (χ0n) is 21.6. The molecule has 0 fully saturated rings. The highest BCUT2D eigenvalue weighted by atomic mass is 16.5. The van der Waals surface area contributed by atoms with Crippen molar-refractivity contribution in [2.24, 2.45) is 5.41 Å². The Kier molecular flexibility index (Phi) is 11.6. The quantitative estimate of drug-likeness (QED) is 0.172. The molecule has 1 heterocycles. The van der Waals surface area contributed by atoms with Crippen LogP contribution in [0.5, 0.6) is 0 Å². The number of aromatic nitrogens is 2. The molecule has 0 bridgehead atoms. The number of unbranched alkanes of at least 4 members (excludes halogenated alkanes) is 7.